The predicted molar refractivity (Wildman–Crippen MR) is 75.6 cm³/mol. The van der Waals surface area contributed by atoms with E-state index in [0.29, 0.717) is 24.0 Å². The van der Waals surface area contributed by atoms with Crippen molar-refractivity contribution in [2.45, 2.75) is 30.3 Å². The molecule has 3 rings (SSSR count). The van der Waals surface area contributed by atoms with Crippen LogP contribution in [0.2, 0.25) is 0 Å². The molecule has 0 saturated carbocycles. The van der Waals surface area contributed by atoms with Crippen LogP contribution in [0, 0.1) is 0 Å². The van der Waals surface area contributed by atoms with Gasteiger partial charge in [0, 0.05) is 37.1 Å². The van der Waals surface area contributed by atoms with Gasteiger partial charge in [-0.3, -0.25) is 4.90 Å². The number of thiophene rings is 1. The first-order valence-corrected chi connectivity index (χ1v) is 8.95. The van der Waals surface area contributed by atoms with Crippen molar-refractivity contribution in [2.24, 2.45) is 5.73 Å². The summed E-state index contributed by atoms with van der Waals surface area (Å²) in [7, 11) is -3.36. The highest BCUT2D eigenvalue weighted by Crippen LogP contribution is 2.29. The van der Waals surface area contributed by atoms with E-state index in [-0.39, 0.29) is 6.54 Å². The lowest BCUT2D eigenvalue weighted by molar-refractivity contribution is 0.158. The van der Waals surface area contributed by atoms with E-state index < -0.39 is 10.0 Å². The fourth-order valence-electron chi connectivity index (χ4n) is 3.03. The molecule has 2 N–H and O–H groups in total. The molecule has 0 radical (unpaired) electrons. The number of hydrogen-bond acceptors (Lipinski definition) is 5. The first-order chi connectivity index (χ1) is 9.13. The number of sulfonamides is 1. The minimum atomic E-state index is -3.36. The minimum Gasteiger partial charge on any atom is -0.326 e. The SMILES string of the molecule is NCc1sccc1S(=O)(=O)N1CCN2CCCC2C1. The van der Waals surface area contributed by atoms with Crippen LogP contribution < -0.4 is 5.73 Å². The second kappa shape index (κ2) is 5.14. The molecule has 2 fully saturated rings. The lowest BCUT2D eigenvalue weighted by Gasteiger charge is -2.36. The monoisotopic (exact) mass is 301 g/mol. The Morgan fingerprint density at radius 1 is 1.37 bits per heavy atom. The Morgan fingerprint density at radius 3 is 3.00 bits per heavy atom. The van der Waals surface area contributed by atoms with E-state index in [1.165, 1.54) is 17.8 Å². The molecule has 1 aromatic heterocycles. The summed E-state index contributed by atoms with van der Waals surface area (Å²) in [6.07, 6.45) is 2.30. The summed E-state index contributed by atoms with van der Waals surface area (Å²) >= 11 is 1.42. The van der Waals surface area contributed by atoms with Crippen molar-refractivity contribution >= 4 is 21.4 Å². The van der Waals surface area contributed by atoms with Crippen LogP contribution in [0.3, 0.4) is 0 Å². The standard InChI is InChI=1S/C12H19N3O2S2/c13-8-11-12(3-7-18-11)19(16,17)15-6-5-14-4-1-2-10(14)9-15/h3,7,10H,1-2,4-6,8-9,13H2. The molecular weight excluding hydrogens is 282 g/mol. The van der Waals surface area contributed by atoms with Gasteiger partial charge >= 0.3 is 0 Å². The first kappa shape index (κ1) is 13.5. The largest absolute Gasteiger partial charge is 0.326 e. The second-order valence-electron chi connectivity index (χ2n) is 5.11. The van der Waals surface area contributed by atoms with Crippen molar-refractivity contribution in [3.05, 3.63) is 16.3 Å². The number of nitrogens with two attached hydrogens (primary N) is 1. The first-order valence-electron chi connectivity index (χ1n) is 6.63. The fourth-order valence-corrected chi connectivity index (χ4v) is 5.80. The highest BCUT2D eigenvalue weighted by atomic mass is 32.2. The van der Waals surface area contributed by atoms with Crippen molar-refractivity contribution in [3.8, 4) is 0 Å². The molecule has 1 unspecified atom stereocenters. The number of piperazine rings is 1. The lowest BCUT2D eigenvalue weighted by atomic mass is 10.2. The molecule has 3 heterocycles. The van der Waals surface area contributed by atoms with Crippen molar-refractivity contribution in [1.82, 2.24) is 9.21 Å². The molecule has 0 aromatic carbocycles. The van der Waals surface area contributed by atoms with Gasteiger partial charge in [0.2, 0.25) is 10.0 Å². The van der Waals surface area contributed by atoms with Gasteiger partial charge < -0.3 is 5.73 Å². The molecule has 1 aromatic rings. The Morgan fingerprint density at radius 2 is 2.21 bits per heavy atom. The lowest BCUT2D eigenvalue weighted by Crippen LogP contribution is -2.51. The zero-order chi connectivity index (χ0) is 13.5. The van der Waals surface area contributed by atoms with E-state index in [1.54, 1.807) is 15.8 Å². The van der Waals surface area contributed by atoms with Crippen molar-refractivity contribution in [3.63, 3.8) is 0 Å². The van der Waals surface area contributed by atoms with E-state index in [2.05, 4.69) is 4.90 Å². The maximum absolute atomic E-state index is 12.7. The van der Waals surface area contributed by atoms with Gasteiger partial charge in [0.05, 0.1) is 4.90 Å². The molecule has 2 saturated heterocycles. The van der Waals surface area contributed by atoms with Crippen molar-refractivity contribution in [2.75, 3.05) is 26.2 Å². The fraction of sp³-hybridized carbons (Fsp3) is 0.667. The van der Waals surface area contributed by atoms with E-state index in [0.717, 1.165) is 24.4 Å². The van der Waals surface area contributed by atoms with Crippen LogP contribution in [0.15, 0.2) is 16.3 Å². The predicted octanol–water partition coefficient (Wildman–Crippen LogP) is 0.675. The molecule has 0 aliphatic carbocycles. The normalized spacial score (nSPS) is 25.6. The Bertz CT molecular complexity index is 555. The van der Waals surface area contributed by atoms with Gasteiger partial charge in [-0.2, -0.15) is 4.31 Å². The number of fused-ring (bicyclic) bond motifs is 1. The van der Waals surface area contributed by atoms with Crippen LogP contribution >= 0.6 is 11.3 Å². The zero-order valence-electron chi connectivity index (χ0n) is 10.8. The van der Waals surface area contributed by atoms with Crippen LogP contribution in [-0.2, 0) is 16.6 Å². The van der Waals surface area contributed by atoms with Crippen LogP contribution in [0.4, 0.5) is 0 Å². The van der Waals surface area contributed by atoms with Gasteiger partial charge in [-0.25, -0.2) is 8.42 Å². The summed E-state index contributed by atoms with van der Waals surface area (Å²) in [5, 5.41) is 1.81. The summed E-state index contributed by atoms with van der Waals surface area (Å²) < 4.78 is 27.0. The molecule has 2 aliphatic rings. The Kier molecular flexibility index (Phi) is 3.65. The van der Waals surface area contributed by atoms with Crippen LogP contribution in [-0.4, -0.2) is 49.8 Å². The van der Waals surface area contributed by atoms with Gasteiger partial charge in [-0.1, -0.05) is 0 Å². The molecule has 19 heavy (non-hydrogen) atoms. The third-order valence-electron chi connectivity index (χ3n) is 4.06. The molecule has 1 atom stereocenters. The molecule has 0 bridgehead atoms. The van der Waals surface area contributed by atoms with Gasteiger partial charge in [0.1, 0.15) is 0 Å². The molecule has 5 nitrogen and oxygen atoms in total. The van der Waals surface area contributed by atoms with Crippen LogP contribution in [0.25, 0.3) is 0 Å². The molecule has 7 heteroatoms. The van der Waals surface area contributed by atoms with E-state index >= 15 is 0 Å². The topological polar surface area (TPSA) is 66.6 Å². The van der Waals surface area contributed by atoms with Crippen molar-refractivity contribution in [1.29, 1.82) is 0 Å². The molecule has 106 valence electrons. The Balaban J connectivity index is 1.85. The maximum Gasteiger partial charge on any atom is 0.244 e. The quantitative estimate of drug-likeness (QED) is 0.891. The highest BCUT2D eigenvalue weighted by molar-refractivity contribution is 7.89. The minimum absolute atomic E-state index is 0.287. The number of nitrogens with zero attached hydrogens (tertiary/aromatic N) is 2. The van der Waals surface area contributed by atoms with E-state index in [9.17, 15) is 8.42 Å². The summed E-state index contributed by atoms with van der Waals surface area (Å²) in [5.41, 5.74) is 5.63. The van der Waals surface area contributed by atoms with Gasteiger partial charge in [-0.05, 0) is 30.8 Å². The second-order valence-corrected chi connectivity index (χ2v) is 8.01. The zero-order valence-corrected chi connectivity index (χ0v) is 12.4. The van der Waals surface area contributed by atoms with Crippen LogP contribution in [0.1, 0.15) is 17.7 Å². The maximum atomic E-state index is 12.7. The molecular formula is C12H19N3O2S2. The summed E-state index contributed by atoms with van der Waals surface area (Å²) in [6, 6.07) is 2.09. The molecule has 0 spiro atoms. The summed E-state index contributed by atoms with van der Waals surface area (Å²) in [5.74, 6) is 0. The van der Waals surface area contributed by atoms with E-state index in [1.807, 2.05) is 0 Å². The van der Waals surface area contributed by atoms with Crippen LogP contribution in [0.5, 0.6) is 0 Å². The smallest absolute Gasteiger partial charge is 0.244 e. The van der Waals surface area contributed by atoms with E-state index in [4.69, 9.17) is 5.73 Å². The summed E-state index contributed by atoms with van der Waals surface area (Å²) in [4.78, 5) is 3.57. The summed E-state index contributed by atoms with van der Waals surface area (Å²) in [6.45, 7) is 3.48. The third kappa shape index (κ3) is 2.34. The number of rotatable bonds is 3. The number of hydrogen-bond donors (Lipinski definition) is 1. The average molecular weight is 301 g/mol. The van der Waals surface area contributed by atoms with Gasteiger partial charge in [-0.15, -0.1) is 11.3 Å². The van der Waals surface area contributed by atoms with Gasteiger partial charge in [0.25, 0.3) is 0 Å². The molecule has 0 amide bonds. The average Bonchev–Trinajstić information content (AvgIpc) is 3.06. The highest BCUT2D eigenvalue weighted by Gasteiger charge is 2.37. The van der Waals surface area contributed by atoms with Gasteiger partial charge in [0.15, 0.2) is 0 Å². The third-order valence-corrected chi connectivity index (χ3v) is 7.08. The Labute approximate surface area is 118 Å². The van der Waals surface area contributed by atoms with Crippen molar-refractivity contribution < 1.29 is 8.42 Å². The Hall–Kier alpha value is -0.470. The molecule has 2 aliphatic heterocycles.